The number of hydrogen-bond donors (Lipinski definition) is 1. The van der Waals surface area contributed by atoms with Crippen LogP contribution in [0.1, 0.15) is 19.4 Å². The van der Waals surface area contributed by atoms with Crippen LogP contribution in [0.5, 0.6) is 23.0 Å². The molecule has 1 N–H and O–H groups in total. The highest BCUT2D eigenvalue weighted by Gasteiger charge is 2.35. The van der Waals surface area contributed by atoms with Crippen LogP contribution in [0, 0.1) is 0 Å². The van der Waals surface area contributed by atoms with E-state index in [0.29, 0.717) is 22.7 Å². The monoisotopic (exact) mass is 646 g/mol. The zero-order chi connectivity index (χ0) is 31.1. The van der Waals surface area contributed by atoms with Crippen molar-refractivity contribution in [3.8, 4) is 23.0 Å². The Bertz CT molecular complexity index is 1680. The van der Waals surface area contributed by atoms with Crippen molar-refractivity contribution in [1.82, 2.24) is 4.90 Å². The lowest BCUT2D eigenvalue weighted by molar-refractivity contribution is -0.123. The number of halogens is 1. The summed E-state index contributed by atoms with van der Waals surface area (Å²) in [7, 11) is -2.82. The number of nitrogens with zero attached hydrogens (tertiary/aromatic N) is 1. The molecule has 1 aliphatic heterocycles. The number of thioether (sulfide) groups is 1. The number of carbonyl (C=O) groups excluding carboxylic acids is 3. The fourth-order valence-corrected chi connectivity index (χ4v) is 6.04. The van der Waals surface area contributed by atoms with Crippen molar-refractivity contribution in [3.63, 3.8) is 0 Å². The normalized spacial score (nSPS) is 14.1. The molecule has 1 heterocycles. The Morgan fingerprint density at radius 2 is 1.72 bits per heavy atom. The molecule has 1 fully saturated rings. The number of carbonyl (C=O) groups is 3. The Morgan fingerprint density at radius 1 is 1.02 bits per heavy atom. The van der Waals surface area contributed by atoms with Crippen LogP contribution in [0.2, 0.25) is 5.02 Å². The van der Waals surface area contributed by atoms with E-state index >= 15 is 0 Å². The zero-order valence-corrected chi connectivity index (χ0v) is 25.7. The van der Waals surface area contributed by atoms with Gasteiger partial charge in [-0.1, -0.05) is 23.7 Å². The molecule has 226 valence electrons. The molecule has 3 aromatic carbocycles. The number of nitrogens with one attached hydrogen (secondary N) is 1. The Balaban J connectivity index is 1.51. The first kappa shape index (κ1) is 31.7. The Kier molecular flexibility index (Phi) is 10.2. The van der Waals surface area contributed by atoms with Crippen LogP contribution in [0.4, 0.5) is 10.5 Å². The summed E-state index contributed by atoms with van der Waals surface area (Å²) in [6.45, 7) is 3.26. The Morgan fingerprint density at radius 3 is 2.37 bits per heavy atom. The predicted octanol–water partition coefficient (Wildman–Crippen LogP) is 5.59. The molecule has 0 radical (unpaired) electrons. The van der Waals surface area contributed by atoms with Gasteiger partial charge in [0.2, 0.25) is 11.7 Å². The number of hydrogen-bond acceptors (Lipinski definition) is 10. The predicted molar refractivity (Wildman–Crippen MR) is 162 cm³/mol. The first-order chi connectivity index (χ1) is 20.5. The highest BCUT2D eigenvalue weighted by molar-refractivity contribution is 8.18. The van der Waals surface area contributed by atoms with Gasteiger partial charge in [0.1, 0.15) is 11.5 Å². The van der Waals surface area contributed by atoms with Gasteiger partial charge in [0.05, 0.1) is 30.2 Å². The summed E-state index contributed by atoms with van der Waals surface area (Å²) in [4.78, 5) is 37.9. The zero-order valence-electron chi connectivity index (χ0n) is 23.3. The van der Waals surface area contributed by atoms with Crippen molar-refractivity contribution in [1.29, 1.82) is 0 Å². The third-order valence-corrected chi connectivity index (χ3v) is 8.22. The van der Waals surface area contributed by atoms with Crippen LogP contribution in [0.15, 0.2) is 70.5 Å². The second-order valence-electron chi connectivity index (χ2n) is 8.84. The lowest BCUT2D eigenvalue weighted by Crippen LogP contribution is -2.32. The number of methoxy groups -OCH3 is 1. The molecule has 0 bridgehead atoms. The summed E-state index contributed by atoms with van der Waals surface area (Å²) in [6.07, 6.45) is 1.46. The van der Waals surface area contributed by atoms with Crippen LogP contribution in [0.3, 0.4) is 0 Å². The van der Waals surface area contributed by atoms with Crippen molar-refractivity contribution >= 4 is 62.3 Å². The van der Waals surface area contributed by atoms with E-state index < -0.39 is 21.3 Å². The van der Waals surface area contributed by atoms with Gasteiger partial charge in [0, 0.05) is 12.6 Å². The summed E-state index contributed by atoms with van der Waals surface area (Å²) in [5, 5.41) is 1.99. The largest absolute Gasteiger partial charge is 0.493 e. The van der Waals surface area contributed by atoms with E-state index in [1.165, 1.54) is 56.5 Å². The van der Waals surface area contributed by atoms with Gasteiger partial charge in [-0.15, -0.1) is 0 Å². The number of ether oxygens (including phenoxy) is 3. The lowest BCUT2D eigenvalue weighted by Gasteiger charge is -2.15. The van der Waals surface area contributed by atoms with Crippen molar-refractivity contribution in [2.45, 2.75) is 18.7 Å². The van der Waals surface area contributed by atoms with E-state index in [4.69, 9.17) is 30.0 Å². The van der Waals surface area contributed by atoms with Gasteiger partial charge in [-0.2, -0.15) is 8.42 Å². The van der Waals surface area contributed by atoms with Gasteiger partial charge in [-0.25, -0.2) is 0 Å². The summed E-state index contributed by atoms with van der Waals surface area (Å²) in [6, 6.07) is 15.3. The molecule has 4 rings (SSSR count). The highest BCUT2D eigenvalue weighted by atomic mass is 35.5. The molecule has 0 atom stereocenters. The molecular formula is C29H27ClN2O9S2. The van der Waals surface area contributed by atoms with Crippen LogP contribution >= 0.6 is 23.4 Å². The number of imide groups is 1. The summed E-state index contributed by atoms with van der Waals surface area (Å²) in [5.41, 5.74) is 0.797. The third-order valence-electron chi connectivity index (χ3n) is 5.80. The van der Waals surface area contributed by atoms with Crippen molar-refractivity contribution in [2.24, 2.45) is 0 Å². The summed E-state index contributed by atoms with van der Waals surface area (Å²) >= 11 is 7.19. The molecule has 0 saturated carbocycles. The molecule has 0 unspecified atom stereocenters. The van der Waals surface area contributed by atoms with E-state index in [9.17, 15) is 22.8 Å². The number of anilines is 1. The minimum Gasteiger partial charge on any atom is -0.493 e. The fraction of sp³-hybridized carbons (Fsp3) is 0.207. The van der Waals surface area contributed by atoms with Crippen LogP contribution < -0.4 is 23.7 Å². The number of rotatable bonds is 12. The maximum atomic E-state index is 13.0. The highest BCUT2D eigenvalue weighted by Crippen LogP contribution is 2.40. The number of benzene rings is 3. The van der Waals surface area contributed by atoms with E-state index in [1.807, 2.05) is 0 Å². The van der Waals surface area contributed by atoms with E-state index in [-0.39, 0.29) is 52.0 Å². The minimum absolute atomic E-state index is 0.0153. The number of para-hydroxylation sites is 2. The molecule has 0 spiro atoms. The average molecular weight is 647 g/mol. The number of amides is 3. The SMILES string of the molecule is CCOc1cc(/C=C2\SC(=O)N(CCOc3ccccc3OC)C2=O)cc(Cl)c1OS(=O)(=O)c1ccc(NC(C)=O)cc1. The first-order valence-corrected chi connectivity index (χ1v) is 15.4. The molecule has 3 amide bonds. The van der Waals surface area contributed by atoms with Crippen LogP contribution in [0.25, 0.3) is 6.08 Å². The summed E-state index contributed by atoms with van der Waals surface area (Å²) < 4.78 is 47.9. The second-order valence-corrected chi connectivity index (χ2v) is 11.8. The average Bonchev–Trinajstić information content (AvgIpc) is 3.22. The topological polar surface area (TPSA) is 138 Å². The van der Waals surface area contributed by atoms with E-state index in [1.54, 1.807) is 31.2 Å². The second kappa shape index (κ2) is 13.8. The maximum absolute atomic E-state index is 13.0. The Labute approximate surface area is 257 Å². The van der Waals surface area contributed by atoms with Gasteiger partial charge < -0.3 is 23.7 Å². The molecule has 43 heavy (non-hydrogen) atoms. The van der Waals surface area contributed by atoms with E-state index in [0.717, 1.165) is 16.7 Å². The molecule has 0 aliphatic carbocycles. The third kappa shape index (κ3) is 7.80. The van der Waals surface area contributed by atoms with Crippen molar-refractivity contribution in [3.05, 3.63) is 76.2 Å². The molecule has 11 nitrogen and oxygen atoms in total. The lowest BCUT2D eigenvalue weighted by atomic mass is 10.2. The standard InChI is InChI=1S/C29H27ClN2O9S2/c1-4-39-25-16-19(15-22(30)27(25)41-43(36,37)21-11-9-20(10-12-21)31-18(2)33)17-26-28(34)32(29(35)42-26)13-14-40-24-8-6-5-7-23(24)38-3/h5-12,15-17H,4,13-14H2,1-3H3,(H,31,33)/b26-17-. The molecule has 1 aliphatic rings. The van der Waals surface area contributed by atoms with Gasteiger partial charge in [0.25, 0.3) is 11.1 Å². The summed E-state index contributed by atoms with van der Waals surface area (Å²) in [5.74, 6) is -0.0332. The van der Waals surface area contributed by atoms with Crippen LogP contribution in [-0.2, 0) is 19.7 Å². The molecule has 0 aromatic heterocycles. The minimum atomic E-state index is -4.34. The molecule has 1 saturated heterocycles. The Hall–Kier alpha value is -4.20. The van der Waals surface area contributed by atoms with Gasteiger partial charge in [0.15, 0.2) is 17.2 Å². The van der Waals surface area contributed by atoms with Crippen molar-refractivity contribution in [2.75, 3.05) is 32.2 Å². The van der Waals surface area contributed by atoms with Crippen molar-refractivity contribution < 1.29 is 41.2 Å². The van der Waals surface area contributed by atoms with Gasteiger partial charge >= 0.3 is 10.1 Å². The van der Waals surface area contributed by atoms with Gasteiger partial charge in [-0.3, -0.25) is 19.3 Å². The van der Waals surface area contributed by atoms with Crippen LogP contribution in [-0.4, -0.2) is 57.2 Å². The fourth-order valence-electron chi connectivity index (χ4n) is 3.91. The molecular weight excluding hydrogens is 620 g/mol. The van der Waals surface area contributed by atoms with Gasteiger partial charge in [-0.05, 0) is 78.9 Å². The smallest absolute Gasteiger partial charge is 0.339 e. The first-order valence-electron chi connectivity index (χ1n) is 12.8. The maximum Gasteiger partial charge on any atom is 0.339 e. The van der Waals surface area contributed by atoms with E-state index in [2.05, 4.69) is 5.32 Å². The quantitative estimate of drug-likeness (QED) is 0.196. The molecule has 14 heteroatoms. The molecule has 3 aromatic rings.